The molecule has 1 saturated heterocycles. The Kier molecular flexibility index (Phi) is 6.30. The predicted octanol–water partition coefficient (Wildman–Crippen LogP) is 3.26. The van der Waals surface area contributed by atoms with Gasteiger partial charge in [-0.1, -0.05) is 36.4 Å². The van der Waals surface area contributed by atoms with E-state index in [9.17, 15) is 9.59 Å². The van der Waals surface area contributed by atoms with Gasteiger partial charge in [-0.3, -0.25) is 4.79 Å². The number of piperidine rings is 1. The number of carbonyl (C=O) groups excluding carboxylic acids is 2. The monoisotopic (exact) mass is 367 g/mol. The Labute approximate surface area is 159 Å². The summed E-state index contributed by atoms with van der Waals surface area (Å²) in [4.78, 5) is 26.8. The fourth-order valence-electron chi connectivity index (χ4n) is 3.27. The van der Waals surface area contributed by atoms with Crippen LogP contribution in [-0.4, -0.2) is 37.0 Å². The van der Waals surface area contributed by atoms with Gasteiger partial charge in [0.2, 0.25) is 5.91 Å². The van der Waals surface area contributed by atoms with Gasteiger partial charge in [-0.15, -0.1) is 0 Å². The van der Waals surface area contributed by atoms with Crippen molar-refractivity contribution < 1.29 is 14.3 Å². The summed E-state index contributed by atoms with van der Waals surface area (Å²) >= 11 is 0. The number of nitrogens with zero attached hydrogens (tertiary/aromatic N) is 1. The van der Waals surface area contributed by atoms with Gasteiger partial charge < -0.3 is 20.3 Å². The quantitative estimate of drug-likeness (QED) is 0.852. The lowest BCUT2D eigenvalue weighted by Gasteiger charge is -2.32. The first-order chi connectivity index (χ1) is 13.2. The molecule has 0 aliphatic carbocycles. The van der Waals surface area contributed by atoms with Crippen LogP contribution in [0.3, 0.4) is 0 Å². The van der Waals surface area contributed by atoms with Gasteiger partial charge in [0.05, 0.1) is 13.0 Å². The maximum Gasteiger partial charge on any atom is 0.317 e. The highest BCUT2D eigenvalue weighted by molar-refractivity contribution is 5.93. The van der Waals surface area contributed by atoms with Crippen LogP contribution in [0.15, 0.2) is 54.6 Å². The summed E-state index contributed by atoms with van der Waals surface area (Å²) < 4.78 is 5.31. The van der Waals surface area contributed by atoms with Crippen molar-refractivity contribution in [2.45, 2.75) is 19.4 Å². The minimum absolute atomic E-state index is 0.0385. The molecule has 1 fully saturated rings. The smallest absolute Gasteiger partial charge is 0.317 e. The Morgan fingerprint density at radius 2 is 1.85 bits per heavy atom. The second kappa shape index (κ2) is 9.07. The summed E-state index contributed by atoms with van der Waals surface area (Å²) in [5.41, 5.74) is 1.70. The molecule has 2 N–H and O–H groups in total. The number of ether oxygens (including phenoxy) is 1. The zero-order chi connectivity index (χ0) is 19.1. The van der Waals surface area contributed by atoms with E-state index in [0.29, 0.717) is 19.6 Å². The van der Waals surface area contributed by atoms with Crippen LogP contribution in [0, 0.1) is 5.92 Å². The highest BCUT2D eigenvalue weighted by atomic mass is 16.5. The number of rotatable bonds is 5. The molecule has 27 heavy (non-hydrogen) atoms. The lowest BCUT2D eigenvalue weighted by molar-refractivity contribution is -0.121. The van der Waals surface area contributed by atoms with E-state index in [-0.39, 0.29) is 17.9 Å². The largest absolute Gasteiger partial charge is 0.496 e. The first-order valence-electron chi connectivity index (χ1n) is 9.18. The minimum Gasteiger partial charge on any atom is -0.496 e. The molecule has 0 spiro atoms. The van der Waals surface area contributed by atoms with Crippen LogP contribution in [0.4, 0.5) is 10.5 Å². The van der Waals surface area contributed by atoms with Crippen LogP contribution < -0.4 is 15.4 Å². The first kappa shape index (κ1) is 18.8. The number of methoxy groups -OCH3 is 1. The molecule has 2 aromatic carbocycles. The van der Waals surface area contributed by atoms with E-state index in [2.05, 4.69) is 10.6 Å². The van der Waals surface area contributed by atoms with Crippen LogP contribution in [0.25, 0.3) is 0 Å². The van der Waals surface area contributed by atoms with Crippen molar-refractivity contribution >= 4 is 17.6 Å². The Bertz CT molecular complexity index is 779. The standard InChI is InChI=1S/C21H25N3O3/c1-27-19-12-6-5-8-16(19)14-22-21(26)24-13-7-9-17(15-24)20(25)23-18-10-3-2-4-11-18/h2-6,8,10-12,17H,7,9,13-15H2,1H3,(H,22,26)(H,23,25). The highest BCUT2D eigenvalue weighted by Crippen LogP contribution is 2.20. The second-order valence-corrected chi connectivity index (χ2v) is 6.61. The number of hydrogen-bond donors (Lipinski definition) is 2. The van der Waals surface area contributed by atoms with E-state index in [1.165, 1.54) is 0 Å². The van der Waals surface area contributed by atoms with E-state index in [1.54, 1.807) is 12.0 Å². The van der Waals surface area contributed by atoms with Gasteiger partial charge in [-0.2, -0.15) is 0 Å². The second-order valence-electron chi connectivity index (χ2n) is 6.61. The van der Waals surface area contributed by atoms with Crippen LogP contribution in [-0.2, 0) is 11.3 Å². The molecule has 0 bridgehead atoms. The van der Waals surface area contributed by atoms with E-state index in [0.717, 1.165) is 29.8 Å². The van der Waals surface area contributed by atoms with Crippen molar-refractivity contribution in [2.75, 3.05) is 25.5 Å². The molecular formula is C21H25N3O3. The first-order valence-corrected chi connectivity index (χ1v) is 9.18. The van der Waals surface area contributed by atoms with Crippen LogP contribution in [0.1, 0.15) is 18.4 Å². The van der Waals surface area contributed by atoms with E-state index >= 15 is 0 Å². The average molecular weight is 367 g/mol. The Morgan fingerprint density at radius 1 is 1.11 bits per heavy atom. The third-order valence-corrected chi connectivity index (χ3v) is 4.74. The van der Waals surface area contributed by atoms with Crippen LogP contribution >= 0.6 is 0 Å². The SMILES string of the molecule is COc1ccccc1CNC(=O)N1CCCC(C(=O)Nc2ccccc2)C1. The molecule has 1 unspecified atom stereocenters. The van der Waals surface area contributed by atoms with Gasteiger partial charge >= 0.3 is 6.03 Å². The minimum atomic E-state index is -0.198. The molecule has 0 radical (unpaired) electrons. The van der Waals surface area contributed by atoms with Gasteiger partial charge in [0.1, 0.15) is 5.75 Å². The topological polar surface area (TPSA) is 70.7 Å². The van der Waals surface area contributed by atoms with E-state index < -0.39 is 0 Å². The average Bonchev–Trinajstić information content (AvgIpc) is 2.73. The maximum absolute atomic E-state index is 12.5. The summed E-state index contributed by atoms with van der Waals surface area (Å²) in [6.45, 7) is 1.48. The number of benzene rings is 2. The normalized spacial score (nSPS) is 16.5. The Hall–Kier alpha value is -3.02. The van der Waals surface area contributed by atoms with Gasteiger partial charge in [0, 0.05) is 30.9 Å². The van der Waals surface area contributed by atoms with Crippen molar-refractivity contribution in [1.29, 1.82) is 0 Å². The predicted molar refractivity (Wildman–Crippen MR) is 105 cm³/mol. The summed E-state index contributed by atoms with van der Waals surface area (Å²) in [6.07, 6.45) is 1.60. The molecule has 3 amide bonds. The van der Waals surface area contributed by atoms with Crippen molar-refractivity contribution in [3.63, 3.8) is 0 Å². The number of amides is 3. The fourth-order valence-corrected chi connectivity index (χ4v) is 3.27. The number of nitrogens with one attached hydrogen (secondary N) is 2. The molecule has 1 atom stereocenters. The van der Waals surface area contributed by atoms with Crippen molar-refractivity contribution in [1.82, 2.24) is 10.2 Å². The molecule has 1 aliphatic rings. The summed E-state index contributed by atoms with van der Waals surface area (Å²) in [7, 11) is 1.61. The maximum atomic E-state index is 12.5. The molecule has 0 saturated carbocycles. The Morgan fingerprint density at radius 3 is 2.63 bits per heavy atom. The van der Waals surface area contributed by atoms with Crippen molar-refractivity contribution in [3.8, 4) is 5.75 Å². The number of urea groups is 1. The van der Waals surface area contributed by atoms with E-state index in [4.69, 9.17) is 4.74 Å². The number of anilines is 1. The molecule has 6 heteroatoms. The van der Waals surface area contributed by atoms with Crippen molar-refractivity contribution in [2.24, 2.45) is 5.92 Å². The van der Waals surface area contributed by atoms with Gasteiger partial charge in [-0.25, -0.2) is 4.79 Å². The lowest BCUT2D eigenvalue weighted by Crippen LogP contribution is -2.47. The van der Waals surface area contributed by atoms with Gasteiger partial charge in [-0.05, 0) is 31.0 Å². The number of likely N-dealkylation sites (tertiary alicyclic amines) is 1. The van der Waals surface area contributed by atoms with Gasteiger partial charge in [0.25, 0.3) is 0 Å². The molecule has 2 aromatic rings. The molecule has 6 nitrogen and oxygen atoms in total. The molecule has 3 rings (SSSR count). The third kappa shape index (κ3) is 5.00. The third-order valence-electron chi connectivity index (χ3n) is 4.74. The zero-order valence-corrected chi connectivity index (χ0v) is 15.5. The summed E-state index contributed by atoms with van der Waals surface area (Å²) in [5, 5.41) is 5.86. The number of para-hydroxylation sites is 2. The van der Waals surface area contributed by atoms with E-state index in [1.807, 2.05) is 54.6 Å². The molecule has 1 aliphatic heterocycles. The highest BCUT2D eigenvalue weighted by Gasteiger charge is 2.28. The van der Waals surface area contributed by atoms with Crippen LogP contribution in [0.2, 0.25) is 0 Å². The fraction of sp³-hybridized carbons (Fsp3) is 0.333. The lowest BCUT2D eigenvalue weighted by atomic mass is 9.97. The summed E-state index contributed by atoms with van der Waals surface area (Å²) in [6, 6.07) is 16.8. The molecular weight excluding hydrogens is 342 g/mol. The molecule has 142 valence electrons. The number of carbonyl (C=O) groups is 2. The molecule has 1 heterocycles. The van der Waals surface area contributed by atoms with Gasteiger partial charge in [0.15, 0.2) is 0 Å². The van der Waals surface area contributed by atoms with Crippen LogP contribution in [0.5, 0.6) is 5.75 Å². The Balaban J connectivity index is 1.54. The number of hydrogen-bond acceptors (Lipinski definition) is 3. The summed E-state index contributed by atoms with van der Waals surface area (Å²) in [5.74, 6) is 0.510. The zero-order valence-electron chi connectivity index (χ0n) is 15.5. The van der Waals surface area contributed by atoms with Crippen molar-refractivity contribution in [3.05, 3.63) is 60.2 Å². The molecule has 0 aromatic heterocycles.